The number of benzene rings is 2. The molecule has 0 bridgehead atoms. The molecule has 6 rings (SSSR count). The summed E-state index contributed by atoms with van der Waals surface area (Å²) in [6, 6.07) is 15.7. The molecule has 2 amide bonds. The van der Waals surface area contributed by atoms with E-state index in [1.165, 1.54) is 4.90 Å². The van der Waals surface area contributed by atoms with Crippen LogP contribution in [0.4, 0.5) is 11.4 Å². The molecular formula is C35H41N3O6. The van der Waals surface area contributed by atoms with Crippen LogP contribution in [0.3, 0.4) is 0 Å². The number of carbonyl (C=O) groups is 3. The zero-order valence-corrected chi connectivity index (χ0v) is 25.4. The van der Waals surface area contributed by atoms with Gasteiger partial charge in [0.05, 0.1) is 31.3 Å². The fourth-order valence-electron chi connectivity index (χ4n) is 7.39. The topological polar surface area (TPSA) is 99.6 Å². The Morgan fingerprint density at radius 1 is 1.00 bits per heavy atom. The molecule has 0 aliphatic carbocycles. The van der Waals surface area contributed by atoms with Crippen LogP contribution >= 0.6 is 0 Å². The van der Waals surface area contributed by atoms with Crippen LogP contribution < -0.4 is 9.80 Å². The number of rotatable bonds is 8. The molecule has 2 saturated heterocycles. The second-order valence-electron chi connectivity index (χ2n) is 11.9. The van der Waals surface area contributed by atoms with Gasteiger partial charge >= 0.3 is 5.97 Å². The lowest BCUT2D eigenvalue weighted by Crippen LogP contribution is -2.58. The Labute approximate surface area is 258 Å². The monoisotopic (exact) mass is 599 g/mol. The van der Waals surface area contributed by atoms with Gasteiger partial charge in [0, 0.05) is 31.0 Å². The quantitative estimate of drug-likeness (QED) is 0.366. The van der Waals surface area contributed by atoms with Gasteiger partial charge in [-0.15, -0.1) is 0 Å². The number of cyclic esters (lactones) is 1. The number of hydrogen-bond donors (Lipinski definition) is 1. The van der Waals surface area contributed by atoms with E-state index < -0.39 is 41.6 Å². The molecule has 4 aliphatic heterocycles. The highest BCUT2D eigenvalue weighted by Crippen LogP contribution is 2.54. The molecule has 0 radical (unpaired) electrons. The van der Waals surface area contributed by atoms with Crippen molar-refractivity contribution in [3.63, 3.8) is 0 Å². The summed E-state index contributed by atoms with van der Waals surface area (Å²) in [6.07, 6.45) is 8.53. The number of anilines is 2. The summed E-state index contributed by atoms with van der Waals surface area (Å²) in [6.45, 7) is 6.12. The van der Waals surface area contributed by atoms with Crippen molar-refractivity contribution in [3.05, 3.63) is 84.5 Å². The van der Waals surface area contributed by atoms with Gasteiger partial charge in [-0.1, -0.05) is 54.6 Å². The number of likely N-dealkylation sites (tertiary alicyclic amines) is 1. The lowest BCUT2D eigenvalue weighted by molar-refractivity contribution is -0.155. The number of amides is 2. The number of esters is 1. The third-order valence-corrected chi connectivity index (χ3v) is 9.50. The third-order valence-electron chi connectivity index (χ3n) is 9.50. The minimum absolute atomic E-state index is 0.257. The Hall–Kier alpha value is -3.95. The largest absolute Gasteiger partial charge is 0.465 e. The van der Waals surface area contributed by atoms with Gasteiger partial charge in [-0.25, -0.2) is 0 Å². The van der Waals surface area contributed by atoms with Crippen LogP contribution in [0.1, 0.15) is 32.3 Å². The van der Waals surface area contributed by atoms with Crippen molar-refractivity contribution in [2.24, 2.45) is 11.8 Å². The number of hydrogen-bond acceptors (Lipinski definition) is 7. The van der Waals surface area contributed by atoms with Crippen molar-refractivity contribution in [2.75, 3.05) is 42.6 Å². The fraction of sp³-hybridized carbons (Fsp3) is 0.457. The molecule has 1 unspecified atom stereocenters. The number of carbonyl (C=O) groups excluding carboxylic acids is 3. The molecule has 2 aromatic rings. The molecule has 1 N–H and O–H groups in total. The Morgan fingerprint density at radius 3 is 2.45 bits per heavy atom. The first-order chi connectivity index (χ1) is 21.4. The van der Waals surface area contributed by atoms with Crippen LogP contribution in [-0.4, -0.2) is 84.4 Å². The van der Waals surface area contributed by atoms with Crippen molar-refractivity contribution in [3.8, 4) is 0 Å². The first-order valence-corrected chi connectivity index (χ1v) is 15.8. The van der Waals surface area contributed by atoms with Crippen molar-refractivity contribution < 1.29 is 29.0 Å². The molecule has 2 fully saturated rings. The maximum absolute atomic E-state index is 14.8. The van der Waals surface area contributed by atoms with E-state index in [1.54, 1.807) is 4.90 Å². The van der Waals surface area contributed by atoms with Crippen LogP contribution in [0.2, 0.25) is 0 Å². The summed E-state index contributed by atoms with van der Waals surface area (Å²) < 4.78 is 12.4. The van der Waals surface area contributed by atoms with E-state index in [9.17, 15) is 19.5 Å². The van der Waals surface area contributed by atoms with Gasteiger partial charge in [0.25, 0.3) is 5.91 Å². The van der Waals surface area contributed by atoms with Gasteiger partial charge in [0.2, 0.25) is 5.91 Å². The molecule has 232 valence electrons. The van der Waals surface area contributed by atoms with Gasteiger partial charge in [-0.05, 0) is 62.9 Å². The number of nitrogens with zero attached hydrogens (tertiary/aromatic N) is 3. The van der Waals surface area contributed by atoms with E-state index in [0.29, 0.717) is 18.5 Å². The van der Waals surface area contributed by atoms with Crippen LogP contribution in [0.5, 0.6) is 0 Å². The van der Waals surface area contributed by atoms with Crippen molar-refractivity contribution in [1.82, 2.24) is 4.90 Å². The van der Waals surface area contributed by atoms with Gasteiger partial charge in [0.1, 0.15) is 17.6 Å². The highest BCUT2D eigenvalue weighted by molar-refractivity contribution is 6.05. The lowest BCUT2D eigenvalue weighted by atomic mass is 9.78. The van der Waals surface area contributed by atoms with Gasteiger partial charge < -0.3 is 29.3 Å². The average molecular weight is 600 g/mol. The van der Waals surface area contributed by atoms with Gasteiger partial charge in [-0.3, -0.25) is 14.4 Å². The summed E-state index contributed by atoms with van der Waals surface area (Å²) in [5.74, 6) is -3.05. The predicted molar refractivity (Wildman–Crippen MR) is 167 cm³/mol. The van der Waals surface area contributed by atoms with Crippen molar-refractivity contribution in [2.45, 2.75) is 56.9 Å². The zero-order valence-electron chi connectivity index (χ0n) is 25.4. The summed E-state index contributed by atoms with van der Waals surface area (Å²) in [5, 5.41) is 10.7. The van der Waals surface area contributed by atoms with Crippen LogP contribution in [0, 0.1) is 11.8 Å². The zero-order chi connectivity index (χ0) is 30.8. The fourth-order valence-corrected chi connectivity index (χ4v) is 7.39. The van der Waals surface area contributed by atoms with Crippen molar-refractivity contribution >= 4 is 29.2 Å². The minimum atomic E-state index is -1.40. The van der Waals surface area contributed by atoms with E-state index in [1.807, 2.05) is 78.9 Å². The summed E-state index contributed by atoms with van der Waals surface area (Å²) in [5.41, 5.74) is 1.29. The highest BCUT2D eigenvalue weighted by atomic mass is 16.6. The van der Waals surface area contributed by atoms with Crippen molar-refractivity contribution in [1.29, 1.82) is 0 Å². The van der Waals surface area contributed by atoms with Crippen LogP contribution in [0.25, 0.3) is 0 Å². The van der Waals surface area contributed by atoms with Gasteiger partial charge in [0.15, 0.2) is 0 Å². The molecule has 0 saturated carbocycles. The Kier molecular flexibility index (Phi) is 8.60. The standard InChI is InChI=1S/C35H41N3O6/c1-3-36(4-2)25-15-17-26(18-16-25)37-20-11-19-35-30(29-28(44-35)14-9-6-10-21-43-34(29)42)32(40)38(31(35)33(37)41)27(23-39)22-24-12-7-5-8-13-24/h5,7-9,11-19,27-31,39H,3-4,6,10,20-23H2,1-2H3/b14-9-/t27-,28+,29-,30+,31?,35+/m1/s1. The number of ether oxygens (including phenoxy) is 2. The number of aliphatic hydroxyl groups excluding tert-OH is 1. The summed E-state index contributed by atoms with van der Waals surface area (Å²) >= 11 is 0. The smallest absolute Gasteiger partial charge is 0.312 e. The number of allylic oxidation sites excluding steroid dienone is 1. The molecule has 1 spiro atoms. The lowest BCUT2D eigenvalue weighted by Gasteiger charge is -2.38. The molecule has 4 aliphatic rings. The minimum Gasteiger partial charge on any atom is -0.465 e. The van der Waals surface area contributed by atoms with E-state index >= 15 is 0 Å². The van der Waals surface area contributed by atoms with E-state index in [0.717, 1.165) is 30.8 Å². The molecule has 9 heteroatoms. The molecule has 4 heterocycles. The molecule has 2 aromatic carbocycles. The first kappa shape index (κ1) is 30.1. The summed E-state index contributed by atoms with van der Waals surface area (Å²) in [7, 11) is 0. The first-order valence-electron chi connectivity index (χ1n) is 15.8. The number of aliphatic hydroxyl groups is 1. The maximum atomic E-state index is 14.8. The normalized spacial score (nSPS) is 29.5. The van der Waals surface area contributed by atoms with E-state index in [4.69, 9.17) is 9.47 Å². The third kappa shape index (κ3) is 5.12. The highest BCUT2D eigenvalue weighted by Gasteiger charge is 2.72. The second-order valence-corrected chi connectivity index (χ2v) is 11.9. The maximum Gasteiger partial charge on any atom is 0.312 e. The Bertz CT molecular complexity index is 1420. The number of fused-ring (bicyclic) bond motifs is 2. The van der Waals surface area contributed by atoms with Crippen LogP contribution in [0.15, 0.2) is 78.9 Å². The van der Waals surface area contributed by atoms with E-state index in [-0.39, 0.29) is 31.6 Å². The Morgan fingerprint density at radius 2 is 1.75 bits per heavy atom. The summed E-state index contributed by atoms with van der Waals surface area (Å²) in [4.78, 5) is 48.3. The van der Waals surface area contributed by atoms with E-state index in [2.05, 4.69) is 18.7 Å². The average Bonchev–Trinajstić information content (AvgIpc) is 3.46. The molecular weight excluding hydrogens is 558 g/mol. The molecule has 44 heavy (non-hydrogen) atoms. The SMILES string of the molecule is CCN(CC)c1ccc(N2CC=C[C@]34O[C@H]5/C=C\CCCOC(=O)[C@H]5[C@H]3C(=O)N([C@@H](CO)Cc3ccccc3)C4C2=O)cc1. The Balaban J connectivity index is 1.43. The molecule has 0 aromatic heterocycles. The molecule has 6 atom stereocenters. The second kappa shape index (κ2) is 12.6. The van der Waals surface area contributed by atoms with Crippen LogP contribution in [-0.2, 0) is 30.3 Å². The predicted octanol–water partition coefficient (Wildman–Crippen LogP) is 3.51. The molecule has 9 nitrogen and oxygen atoms in total. The van der Waals surface area contributed by atoms with Gasteiger partial charge in [-0.2, -0.15) is 0 Å².